The topological polar surface area (TPSA) is 138 Å². The van der Waals surface area contributed by atoms with E-state index < -0.39 is 16.8 Å². The second-order valence-electron chi connectivity index (χ2n) is 7.85. The fourth-order valence-electron chi connectivity index (χ4n) is 3.89. The van der Waals surface area contributed by atoms with E-state index in [4.69, 9.17) is 9.47 Å². The standard InChI is InChI=1S/C25H23N5O6/c1-5-36-25(32)18-13-26-29(21-12-14(2)16-8-7-11-20(35-4)22(16)27-21)23(18)28-24(31)17-9-6-10-19(15(17)3)30(33)34/h6-13H,5H2,1-4H3,(H,28,31). The summed E-state index contributed by atoms with van der Waals surface area (Å²) in [7, 11) is 1.54. The maximum atomic E-state index is 13.2. The van der Waals surface area contributed by atoms with Crippen LogP contribution in [-0.2, 0) is 4.74 Å². The van der Waals surface area contributed by atoms with Crippen LogP contribution in [0.1, 0.15) is 38.8 Å². The number of amides is 1. The van der Waals surface area contributed by atoms with Crippen LogP contribution in [0.4, 0.5) is 11.5 Å². The molecule has 0 fully saturated rings. The Morgan fingerprint density at radius 1 is 1.14 bits per heavy atom. The molecule has 184 valence electrons. The van der Waals surface area contributed by atoms with E-state index in [2.05, 4.69) is 15.4 Å². The van der Waals surface area contributed by atoms with Crippen molar-refractivity contribution in [3.8, 4) is 11.6 Å². The molecule has 0 aliphatic rings. The predicted octanol–water partition coefficient (Wildman–Crippen LogP) is 4.38. The largest absolute Gasteiger partial charge is 0.494 e. The zero-order valence-corrected chi connectivity index (χ0v) is 20.1. The number of aryl methyl sites for hydroxylation is 1. The molecular weight excluding hydrogens is 466 g/mol. The first kappa shape index (κ1) is 24.3. The summed E-state index contributed by atoms with van der Waals surface area (Å²) in [5.41, 5.74) is 1.53. The molecule has 2 aromatic heterocycles. The van der Waals surface area contributed by atoms with Crippen LogP contribution in [0.15, 0.2) is 48.7 Å². The molecule has 2 aromatic carbocycles. The van der Waals surface area contributed by atoms with Crippen molar-refractivity contribution in [3.63, 3.8) is 0 Å². The molecule has 4 rings (SSSR count). The number of aromatic nitrogens is 3. The van der Waals surface area contributed by atoms with Crippen molar-refractivity contribution < 1.29 is 24.0 Å². The average molecular weight is 489 g/mol. The molecular formula is C25H23N5O6. The van der Waals surface area contributed by atoms with Gasteiger partial charge in [-0.3, -0.25) is 14.9 Å². The van der Waals surface area contributed by atoms with E-state index in [1.54, 1.807) is 19.1 Å². The van der Waals surface area contributed by atoms with Gasteiger partial charge >= 0.3 is 5.97 Å². The molecule has 0 bridgehead atoms. The number of para-hydroxylation sites is 1. The molecule has 36 heavy (non-hydrogen) atoms. The number of methoxy groups -OCH3 is 1. The second kappa shape index (κ2) is 9.82. The number of nitrogens with one attached hydrogen (secondary N) is 1. The van der Waals surface area contributed by atoms with Crippen LogP contribution in [0.25, 0.3) is 16.7 Å². The molecule has 0 atom stereocenters. The number of carbonyl (C=O) groups is 2. The van der Waals surface area contributed by atoms with Gasteiger partial charge < -0.3 is 14.8 Å². The monoisotopic (exact) mass is 489 g/mol. The zero-order chi connectivity index (χ0) is 26.0. The summed E-state index contributed by atoms with van der Waals surface area (Å²) >= 11 is 0. The number of carbonyl (C=O) groups excluding carboxylic acids is 2. The molecule has 1 N–H and O–H groups in total. The molecule has 4 aromatic rings. The Balaban J connectivity index is 1.86. The van der Waals surface area contributed by atoms with Crippen LogP contribution in [0.5, 0.6) is 5.75 Å². The summed E-state index contributed by atoms with van der Waals surface area (Å²) in [6.07, 6.45) is 1.28. The Hall–Kier alpha value is -4.80. The lowest BCUT2D eigenvalue weighted by molar-refractivity contribution is -0.385. The fourth-order valence-corrected chi connectivity index (χ4v) is 3.89. The number of fused-ring (bicyclic) bond motifs is 1. The number of nitrogens with zero attached hydrogens (tertiary/aromatic N) is 4. The van der Waals surface area contributed by atoms with E-state index in [1.165, 1.54) is 43.1 Å². The lowest BCUT2D eigenvalue weighted by Crippen LogP contribution is -2.19. The number of benzene rings is 2. The van der Waals surface area contributed by atoms with Gasteiger partial charge in [0, 0.05) is 22.6 Å². The van der Waals surface area contributed by atoms with E-state index in [9.17, 15) is 19.7 Å². The average Bonchev–Trinajstić information content (AvgIpc) is 3.27. The Labute approximate surface area is 205 Å². The van der Waals surface area contributed by atoms with E-state index in [0.29, 0.717) is 17.1 Å². The minimum atomic E-state index is -0.690. The van der Waals surface area contributed by atoms with Crippen molar-refractivity contribution in [1.82, 2.24) is 14.8 Å². The third kappa shape index (κ3) is 4.33. The summed E-state index contributed by atoms with van der Waals surface area (Å²) in [5, 5.41) is 19.2. The highest BCUT2D eigenvalue weighted by atomic mass is 16.6. The third-order valence-electron chi connectivity index (χ3n) is 5.68. The molecule has 11 heteroatoms. The number of ether oxygens (including phenoxy) is 2. The summed E-state index contributed by atoms with van der Waals surface area (Å²) in [4.78, 5) is 41.4. The van der Waals surface area contributed by atoms with Gasteiger partial charge in [-0.2, -0.15) is 9.78 Å². The van der Waals surface area contributed by atoms with Crippen molar-refractivity contribution in [3.05, 3.63) is 81.0 Å². The molecule has 11 nitrogen and oxygen atoms in total. The number of hydrogen-bond donors (Lipinski definition) is 1. The van der Waals surface area contributed by atoms with Gasteiger partial charge in [0.25, 0.3) is 11.6 Å². The summed E-state index contributed by atoms with van der Waals surface area (Å²) < 4.78 is 11.9. The van der Waals surface area contributed by atoms with Gasteiger partial charge in [-0.25, -0.2) is 9.78 Å². The predicted molar refractivity (Wildman–Crippen MR) is 132 cm³/mol. The van der Waals surface area contributed by atoms with Crippen LogP contribution in [0, 0.1) is 24.0 Å². The highest BCUT2D eigenvalue weighted by Crippen LogP contribution is 2.30. The lowest BCUT2D eigenvalue weighted by Gasteiger charge is -2.14. The van der Waals surface area contributed by atoms with Crippen molar-refractivity contribution in [1.29, 1.82) is 0 Å². The fraction of sp³-hybridized carbons (Fsp3) is 0.200. The van der Waals surface area contributed by atoms with Crippen LogP contribution in [-0.4, -0.2) is 45.3 Å². The van der Waals surface area contributed by atoms with Gasteiger partial charge in [0.15, 0.2) is 11.6 Å². The summed E-state index contributed by atoms with van der Waals surface area (Å²) in [6, 6.07) is 11.5. The smallest absolute Gasteiger partial charge is 0.343 e. The van der Waals surface area contributed by atoms with Crippen LogP contribution < -0.4 is 10.1 Å². The number of nitro groups is 1. The maximum absolute atomic E-state index is 13.2. The van der Waals surface area contributed by atoms with Gasteiger partial charge in [0.05, 0.1) is 24.8 Å². The number of anilines is 1. The van der Waals surface area contributed by atoms with E-state index in [-0.39, 0.29) is 34.8 Å². The van der Waals surface area contributed by atoms with Gasteiger partial charge in [-0.05, 0) is 44.5 Å². The van der Waals surface area contributed by atoms with Crippen molar-refractivity contribution in [2.24, 2.45) is 0 Å². The minimum absolute atomic E-state index is 0.00728. The number of pyridine rings is 1. The van der Waals surface area contributed by atoms with Crippen molar-refractivity contribution in [2.75, 3.05) is 19.0 Å². The molecule has 0 radical (unpaired) electrons. The van der Waals surface area contributed by atoms with E-state index in [1.807, 2.05) is 19.1 Å². The number of rotatable bonds is 7. The summed E-state index contributed by atoms with van der Waals surface area (Å²) in [6.45, 7) is 5.16. The SMILES string of the molecule is CCOC(=O)c1cnn(-c2cc(C)c3cccc(OC)c3n2)c1NC(=O)c1cccc([N+](=O)[O-])c1C. The number of nitro benzene ring substituents is 1. The molecule has 0 spiro atoms. The van der Waals surface area contributed by atoms with Gasteiger partial charge in [-0.15, -0.1) is 0 Å². The Morgan fingerprint density at radius 2 is 1.89 bits per heavy atom. The molecule has 0 aliphatic heterocycles. The Bertz CT molecular complexity index is 1510. The highest BCUT2D eigenvalue weighted by molar-refractivity contribution is 6.08. The van der Waals surface area contributed by atoms with Crippen molar-refractivity contribution >= 4 is 34.3 Å². The number of esters is 1. The second-order valence-corrected chi connectivity index (χ2v) is 7.85. The van der Waals surface area contributed by atoms with Gasteiger partial charge in [0.2, 0.25) is 0 Å². The zero-order valence-electron chi connectivity index (χ0n) is 20.1. The Morgan fingerprint density at radius 3 is 2.58 bits per heavy atom. The third-order valence-corrected chi connectivity index (χ3v) is 5.68. The first-order valence-electron chi connectivity index (χ1n) is 11.0. The first-order chi connectivity index (χ1) is 17.3. The minimum Gasteiger partial charge on any atom is -0.494 e. The molecule has 0 saturated carbocycles. The molecule has 2 heterocycles. The van der Waals surface area contributed by atoms with Crippen LogP contribution >= 0.6 is 0 Å². The van der Waals surface area contributed by atoms with E-state index in [0.717, 1.165) is 10.9 Å². The molecule has 0 saturated heterocycles. The number of hydrogen-bond acceptors (Lipinski definition) is 8. The van der Waals surface area contributed by atoms with Crippen LogP contribution in [0.3, 0.4) is 0 Å². The molecule has 0 unspecified atom stereocenters. The van der Waals surface area contributed by atoms with E-state index >= 15 is 0 Å². The Kier molecular flexibility index (Phi) is 6.64. The first-order valence-corrected chi connectivity index (χ1v) is 11.0. The van der Waals surface area contributed by atoms with Gasteiger partial charge in [0.1, 0.15) is 16.8 Å². The van der Waals surface area contributed by atoms with Crippen LogP contribution in [0.2, 0.25) is 0 Å². The van der Waals surface area contributed by atoms with Gasteiger partial charge in [-0.1, -0.05) is 18.2 Å². The summed E-state index contributed by atoms with van der Waals surface area (Å²) in [5.74, 6) is -0.451. The lowest BCUT2D eigenvalue weighted by atomic mass is 10.1. The maximum Gasteiger partial charge on any atom is 0.343 e. The van der Waals surface area contributed by atoms with Crippen molar-refractivity contribution in [2.45, 2.75) is 20.8 Å². The normalized spacial score (nSPS) is 10.8. The highest BCUT2D eigenvalue weighted by Gasteiger charge is 2.25. The molecule has 0 aliphatic carbocycles. The quantitative estimate of drug-likeness (QED) is 0.229. The molecule has 1 amide bonds.